The van der Waals surface area contributed by atoms with Crippen molar-refractivity contribution in [2.24, 2.45) is 0 Å². The van der Waals surface area contributed by atoms with E-state index in [-0.39, 0.29) is 11.5 Å². The first kappa shape index (κ1) is 12.8. The average Bonchev–Trinajstić information content (AvgIpc) is 2.30. The number of rotatable bonds is 1. The third kappa shape index (κ3) is 2.61. The molecule has 0 spiro atoms. The van der Waals surface area contributed by atoms with Crippen molar-refractivity contribution in [1.29, 1.82) is 0 Å². The molecule has 1 fully saturated rings. The molecule has 2 N–H and O–H groups in total. The molecular weight excluding hydrogens is 230 g/mol. The van der Waals surface area contributed by atoms with Gasteiger partial charge in [0.2, 0.25) is 0 Å². The van der Waals surface area contributed by atoms with Crippen LogP contribution >= 0.6 is 0 Å². The van der Waals surface area contributed by atoms with Crippen LogP contribution in [0.3, 0.4) is 0 Å². The van der Waals surface area contributed by atoms with Gasteiger partial charge in [0, 0.05) is 13.1 Å². The van der Waals surface area contributed by atoms with E-state index in [4.69, 9.17) is 10.5 Å². The Hall–Kier alpha value is -1.62. The number of hydrogen-bond donors (Lipinski definition) is 1. The summed E-state index contributed by atoms with van der Waals surface area (Å²) in [6, 6.07) is 1.69. The number of amides is 1. The monoisotopic (exact) mass is 249 g/mol. The second-order valence-electron chi connectivity index (χ2n) is 5.24. The second kappa shape index (κ2) is 4.57. The van der Waals surface area contributed by atoms with Crippen molar-refractivity contribution in [2.75, 3.05) is 25.4 Å². The van der Waals surface area contributed by atoms with Gasteiger partial charge in [-0.25, -0.2) is 0 Å². The Balaban J connectivity index is 2.23. The topological polar surface area (TPSA) is 68.5 Å². The van der Waals surface area contributed by atoms with Crippen molar-refractivity contribution >= 4 is 11.6 Å². The van der Waals surface area contributed by atoms with Gasteiger partial charge in [0.05, 0.1) is 35.3 Å². The van der Waals surface area contributed by atoms with Crippen molar-refractivity contribution in [3.63, 3.8) is 0 Å². The second-order valence-corrected chi connectivity index (χ2v) is 5.24. The first-order chi connectivity index (χ1) is 8.39. The summed E-state index contributed by atoms with van der Waals surface area (Å²) in [5.74, 6) is -0.0244. The van der Waals surface area contributed by atoms with Gasteiger partial charge in [-0.15, -0.1) is 0 Å². The Morgan fingerprint density at radius 1 is 1.56 bits per heavy atom. The van der Waals surface area contributed by atoms with E-state index < -0.39 is 0 Å². The van der Waals surface area contributed by atoms with Gasteiger partial charge in [-0.05, 0) is 26.8 Å². The van der Waals surface area contributed by atoms with Gasteiger partial charge in [-0.1, -0.05) is 0 Å². The van der Waals surface area contributed by atoms with Crippen LogP contribution in [0.1, 0.15) is 29.9 Å². The molecule has 2 heterocycles. The Morgan fingerprint density at radius 3 is 2.94 bits per heavy atom. The van der Waals surface area contributed by atoms with Crippen molar-refractivity contribution in [2.45, 2.75) is 26.4 Å². The molecule has 5 nitrogen and oxygen atoms in total. The average molecular weight is 249 g/mol. The van der Waals surface area contributed by atoms with E-state index in [1.54, 1.807) is 17.2 Å². The van der Waals surface area contributed by atoms with Crippen LogP contribution in [-0.2, 0) is 4.74 Å². The van der Waals surface area contributed by atoms with Crippen molar-refractivity contribution in [3.8, 4) is 0 Å². The zero-order chi connectivity index (χ0) is 13.3. The summed E-state index contributed by atoms with van der Waals surface area (Å²) in [5.41, 5.74) is 7.19. The number of aromatic nitrogens is 1. The normalized spacial score (nSPS) is 18.7. The van der Waals surface area contributed by atoms with Crippen LogP contribution in [-0.4, -0.2) is 41.1 Å². The number of anilines is 1. The Bertz CT molecular complexity index is 471. The quantitative estimate of drug-likeness (QED) is 0.812. The van der Waals surface area contributed by atoms with Crippen molar-refractivity contribution in [1.82, 2.24) is 9.88 Å². The highest BCUT2D eigenvalue weighted by atomic mass is 16.5. The van der Waals surface area contributed by atoms with E-state index in [2.05, 4.69) is 4.98 Å². The van der Waals surface area contributed by atoms with E-state index in [0.717, 1.165) is 0 Å². The van der Waals surface area contributed by atoms with E-state index in [1.807, 2.05) is 20.8 Å². The molecule has 1 aromatic rings. The molecule has 1 saturated heterocycles. The van der Waals surface area contributed by atoms with E-state index in [0.29, 0.717) is 36.6 Å². The number of morpholine rings is 1. The fourth-order valence-corrected chi connectivity index (χ4v) is 2.13. The maximum Gasteiger partial charge on any atom is 0.255 e. The molecule has 5 heteroatoms. The third-order valence-corrected chi connectivity index (χ3v) is 3.05. The number of nitrogens with two attached hydrogens (primary N) is 1. The minimum Gasteiger partial charge on any atom is -0.397 e. The molecule has 1 aliphatic heterocycles. The number of carbonyl (C=O) groups excluding carboxylic acids is 1. The Kier molecular flexibility index (Phi) is 3.26. The maximum atomic E-state index is 12.4. The van der Waals surface area contributed by atoms with E-state index in [1.165, 1.54) is 0 Å². The van der Waals surface area contributed by atoms with Crippen LogP contribution in [0.4, 0.5) is 5.69 Å². The van der Waals surface area contributed by atoms with Gasteiger partial charge >= 0.3 is 0 Å². The summed E-state index contributed by atoms with van der Waals surface area (Å²) in [5, 5.41) is 0. The zero-order valence-corrected chi connectivity index (χ0v) is 11.1. The Labute approximate surface area is 107 Å². The summed E-state index contributed by atoms with van der Waals surface area (Å²) >= 11 is 0. The maximum absolute atomic E-state index is 12.4. The molecule has 1 aliphatic rings. The predicted octanol–water partition coefficient (Wildman–Crippen LogP) is 1.22. The van der Waals surface area contributed by atoms with Crippen molar-refractivity contribution < 1.29 is 9.53 Å². The van der Waals surface area contributed by atoms with Gasteiger partial charge in [0.25, 0.3) is 5.91 Å². The van der Waals surface area contributed by atoms with Crippen molar-refractivity contribution in [3.05, 3.63) is 23.5 Å². The number of carbonyl (C=O) groups is 1. The fourth-order valence-electron chi connectivity index (χ4n) is 2.13. The lowest BCUT2D eigenvalue weighted by atomic mass is 10.1. The lowest BCUT2D eigenvalue weighted by molar-refractivity contribution is -0.0764. The molecular formula is C13H19N3O2. The van der Waals surface area contributed by atoms with Gasteiger partial charge in [-0.2, -0.15) is 0 Å². The highest BCUT2D eigenvalue weighted by Gasteiger charge is 2.31. The molecule has 0 unspecified atom stereocenters. The Morgan fingerprint density at radius 2 is 2.28 bits per heavy atom. The summed E-state index contributed by atoms with van der Waals surface area (Å²) in [6.45, 7) is 7.54. The van der Waals surface area contributed by atoms with Gasteiger partial charge in [0.15, 0.2) is 0 Å². The summed E-state index contributed by atoms with van der Waals surface area (Å²) < 4.78 is 5.60. The number of pyridine rings is 1. The van der Waals surface area contributed by atoms with Gasteiger partial charge < -0.3 is 15.4 Å². The minimum atomic E-state index is -0.296. The highest BCUT2D eigenvalue weighted by Crippen LogP contribution is 2.20. The predicted molar refractivity (Wildman–Crippen MR) is 69.3 cm³/mol. The molecule has 18 heavy (non-hydrogen) atoms. The van der Waals surface area contributed by atoms with Crippen LogP contribution in [0.25, 0.3) is 0 Å². The smallest absolute Gasteiger partial charge is 0.255 e. The lowest BCUT2D eigenvalue weighted by Gasteiger charge is -2.38. The minimum absolute atomic E-state index is 0.0244. The lowest BCUT2D eigenvalue weighted by Crippen LogP contribution is -2.50. The first-order valence-corrected chi connectivity index (χ1v) is 6.04. The van der Waals surface area contributed by atoms with Gasteiger partial charge in [-0.3, -0.25) is 9.78 Å². The molecule has 0 atom stereocenters. The van der Waals surface area contributed by atoms with E-state index >= 15 is 0 Å². The first-order valence-electron chi connectivity index (χ1n) is 6.04. The van der Waals surface area contributed by atoms with Crippen LogP contribution in [0.5, 0.6) is 0 Å². The van der Waals surface area contributed by atoms with E-state index in [9.17, 15) is 4.79 Å². The van der Waals surface area contributed by atoms with Crippen LogP contribution in [0, 0.1) is 6.92 Å². The molecule has 0 bridgehead atoms. The third-order valence-electron chi connectivity index (χ3n) is 3.05. The fraction of sp³-hybridized carbons (Fsp3) is 0.538. The van der Waals surface area contributed by atoms with Crippen LogP contribution in [0.15, 0.2) is 12.3 Å². The summed E-state index contributed by atoms with van der Waals surface area (Å²) in [4.78, 5) is 18.4. The number of hydrogen-bond acceptors (Lipinski definition) is 4. The number of ether oxygens (including phenoxy) is 1. The molecule has 2 rings (SSSR count). The zero-order valence-electron chi connectivity index (χ0n) is 11.1. The summed E-state index contributed by atoms with van der Waals surface area (Å²) in [7, 11) is 0. The molecule has 98 valence electrons. The van der Waals surface area contributed by atoms with Crippen LogP contribution in [0.2, 0.25) is 0 Å². The van der Waals surface area contributed by atoms with Crippen LogP contribution < -0.4 is 5.73 Å². The number of aryl methyl sites for hydroxylation is 1. The molecule has 0 aromatic carbocycles. The SMILES string of the molecule is Cc1ncc(N)cc1C(=O)N1CCOC(C)(C)C1. The standard InChI is InChI=1S/C13H19N3O2/c1-9-11(6-10(14)7-15-9)12(17)16-4-5-18-13(2,3)8-16/h6-7H,4-5,8,14H2,1-3H3. The van der Waals surface area contributed by atoms with Gasteiger partial charge in [0.1, 0.15) is 0 Å². The molecule has 0 saturated carbocycles. The molecule has 0 aliphatic carbocycles. The molecule has 1 aromatic heterocycles. The number of nitrogen functional groups attached to an aromatic ring is 1. The summed E-state index contributed by atoms with van der Waals surface area (Å²) in [6.07, 6.45) is 1.56. The molecule has 0 radical (unpaired) electrons. The highest BCUT2D eigenvalue weighted by molar-refractivity contribution is 5.96. The largest absolute Gasteiger partial charge is 0.397 e. The molecule has 1 amide bonds. The number of nitrogens with zero attached hydrogens (tertiary/aromatic N) is 2.